The Morgan fingerprint density at radius 2 is 1.05 bits per heavy atom. The summed E-state index contributed by atoms with van der Waals surface area (Å²) in [7, 11) is 0. The van der Waals surface area contributed by atoms with Crippen molar-refractivity contribution < 1.29 is 38.5 Å². The molecule has 0 spiro atoms. The highest BCUT2D eigenvalue weighted by Gasteiger charge is 2.31. The smallest absolute Gasteiger partial charge is 0.410 e. The van der Waals surface area contributed by atoms with E-state index in [2.05, 4.69) is 6.58 Å². The van der Waals surface area contributed by atoms with Crippen LogP contribution in [0.25, 0.3) is 0 Å². The van der Waals surface area contributed by atoms with E-state index in [0.717, 1.165) is 38.6 Å². The van der Waals surface area contributed by atoms with Gasteiger partial charge in [-0.15, -0.1) is 6.58 Å². The Bertz CT molecular complexity index is 853. The van der Waals surface area contributed by atoms with E-state index in [1.165, 1.54) is 0 Å². The first kappa shape index (κ1) is 37.2. The second kappa shape index (κ2) is 16.1. The molecule has 0 aliphatic carbocycles. The van der Waals surface area contributed by atoms with E-state index in [4.69, 9.17) is 19.3 Å². The van der Waals surface area contributed by atoms with Gasteiger partial charge in [0.25, 0.3) is 0 Å². The molecular formula is C31H55N3O8. The van der Waals surface area contributed by atoms with Crippen molar-refractivity contribution in [1.82, 2.24) is 14.7 Å². The molecule has 42 heavy (non-hydrogen) atoms. The number of aliphatic hydroxyl groups is 1. The third-order valence-electron chi connectivity index (χ3n) is 6.47. The first-order valence-corrected chi connectivity index (χ1v) is 14.9. The molecule has 3 amide bonds. The summed E-state index contributed by atoms with van der Waals surface area (Å²) in [5.74, 6) is 0.646. The number of hydrogen-bond donors (Lipinski definition) is 1. The quantitative estimate of drug-likeness (QED) is 0.270. The van der Waals surface area contributed by atoms with Gasteiger partial charge >= 0.3 is 18.3 Å². The number of aliphatic hydroxyl groups excluding tert-OH is 1. The molecule has 3 atom stereocenters. The van der Waals surface area contributed by atoms with E-state index in [9.17, 15) is 19.2 Å². The van der Waals surface area contributed by atoms with Crippen LogP contribution in [0.1, 0.15) is 81.6 Å². The fourth-order valence-electron chi connectivity index (χ4n) is 4.34. The molecule has 3 saturated heterocycles. The van der Waals surface area contributed by atoms with Crippen LogP contribution in [0.15, 0.2) is 12.7 Å². The summed E-state index contributed by atoms with van der Waals surface area (Å²) in [6, 6.07) is 0. The number of likely N-dealkylation sites (tertiary alicyclic amines) is 3. The van der Waals surface area contributed by atoms with Crippen LogP contribution >= 0.6 is 0 Å². The molecule has 0 aromatic carbocycles. The van der Waals surface area contributed by atoms with E-state index in [-0.39, 0.29) is 36.7 Å². The number of amides is 3. The van der Waals surface area contributed by atoms with Crippen molar-refractivity contribution in [3.05, 3.63) is 12.7 Å². The van der Waals surface area contributed by atoms with Crippen LogP contribution in [-0.4, -0.2) is 107 Å². The molecule has 0 aromatic heterocycles. The zero-order valence-electron chi connectivity index (χ0n) is 27.3. The van der Waals surface area contributed by atoms with Crippen LogP contribution in [0.4, 0.5) is 14.4 Å². The fourth-order valence-corrected chi connectivity index (χ4v) is 4.34. The summed E-state index contributed by atoms with van der Waals surface area (Å²) < 4.78 is 15.7. The van der Waals surface area contributed by atoms with Gasteiger partial charge < -0.3 is 38.8 Å². The number of carbonyl (C=O) groups excluding carboxylic acids is 4. The predicted octanol–water partition coefficient (Wildman–Crippen LogP) is 5.11. The molecule has 3 heterocycles. The Morgan fingerprint density at radius 3 is 1.33 bits per heavy atom. The van der Waals surface area contributed by atoms with Gasteiger partial charge in [-0.2, -0.15) is 0 Å². The average molecular weight is 598 g/mol. The van der Waals surface area contributed by atoms with Crippen LogP contribution in [0.3, 0.4) is 0 Å². The van der Waals surface area contributed by atoms with Crippen molar-refractivity contribution in [2.45, 2.75) is 98.4 Å². The summed E-state index contributed by atoms with van der Waals surface area (Å²) in [6.07, 6.45) is 4.65. The predicted molar refractivity (Wildman–Crippen MR) is 161 cm³/mol. The molecule has 3 fully saturated rings. The third-order valence-corrected chi connectivity index (χ3v) is 6.47. The lowest BCUT2D eigenvalue weighted by Crippen LogP contribution is -2.35. The first-order valence-electron chi connectivity index (χ1n) is 14.9. The zero-order valence-corrected chi connectivity index (χ0v) is 27.3. The monoisotopic (exact) mass is 597 g/mol. The van der Waals surface area contributed by atoms with Crippen LogP contribution in [0, 0.1) is 17.8 Å². The number of nitrogens with zero attached hydrogens (tertiary/aromatic N) is 3. The maximum atomic E-state index is 11.6. The molecule has 3 rings (SSSR count). The molecule has 0 radical (unpaired) electrons. The zero-order chi connectivity index (χ0) is 32.3. The normalized spacial score (nSPS) is 22.3. The molecule has 0 saturated carbocycles. The van der Waals surface area contributed by atoms with Crippen LogP contribution < -0.4 is 0 Å². The van der Waals surface area contributed by atoms with Gasteiger partial charge in [-0.3, -0.25) is 0 Å². The van der Waals surface area contributed by atoms with Crippen LogP contribution in [0.2, 0.25) is 0 Å². The van der Waals surface area contributed by atoms with E-state index in [1.807, 2.05) is 68.4 Å². The van der Waals surface area contributed by atoms with Gasteiger partial charge in [0, 0.05) is 57.7 Å². The van der Waals surface area contributed by atoms with Crippen molar-refractivity contribution in [2.75, 3.05) is 45.9 Å². The summed E-state index contributed by atoms with van der Waals surface area (Å²) in [6.45, 7) is 24.5. The van der Waals surface area contributed by atoms with Gasteiger partial charge in [0.05, 0.1) is 0 Å². The third kappa shape index (κ3) is 14.9. The largest absolute Gasteiger partial charge is 0.444 e. The molecular weight excluding hydrogens is 542 g/mol. The Labute approximate surface area is 252 Å². The molecule has 0 bridgehead atoms. The number of aldehydes is 1. The van der Waals surface area contributed by atoms with Gasteiger partial charge in [0.1, 0.15) is 23.1 Å². The van der Waals surface area contributed by atoms with Crippen molar-refractivity contribution in [2.24, 2.45) is 17.8 Å². The number of rotatable bonds is 3. The van der Waals surface area contributed by atoms with Crippen LogP contribution in [-0.2, 0) is 19.0 Å². The SMILES string of the molecule is C=C[C@H]1CCN(C(=O)OC(C)(C)C)C1.CC(C)(C)OC(=O)N1CC[C@H](C=O)C1.CC(C)(C)OC(=O)N1CC[C@H](CO)C1. The molecule has 1 N–H and O–H groups in total. The highest BCUT2D eigenvalue weighted by molar-refractivity contribution is 5.70. The summed E-state index contributed by atoms with van der Waals surface area (Å²) in [5.41, 5.74) is -1.30. The molecule has 3 aliphatic rings. The Balaban J connectivity index is 0.000000315. The lowest BCUT2D eigenvalue weighted by atomic mass is 10.1. The molecule has 11 nitrogen and oxygen atoms in total. The van der Waals surface area contributed by atoms with Crippen molar-refractivity contribution in [3.8, 4) is 0 Å². The second-order valence-corrected chi connectivity index (χ2v) is 14.1. The minimum atomic E-state index is -0.462. The topological polar surface area (TPSA) is 126 Å². The molecule has 11 heteroatoms. The highest BCUT2D eigenvalue weighted by atomic mass is 16.6. The Hall–Kier alpha value is -2.82. The van der Waals surface area contributed by atoms with Gasteiger partial charge in [-0.1, -0.05) is 6.08 Å². The standard InChI is InChI=1S/C11H19NO2.C10H19NO3.C10H17NO3/c1-5-9-6-7-12(8-9)10(13)14-11(2,3)4;2*1-10(2,3)14-9(13)11-5-4-8(6-11)7-12/h5,9H,1,6-8H2,2-4H3;8,12H,4-7H2,1-3H3;7-8H,4-6H2,1-3H3/t9-;2*8-/m000/s1. The number of hydrogen-bond acceptors (Lipinski definition) is 8. The lowest BCUT2D eigenvalue weighted by Gasteiger charge is -2.24. The van der Waals surface area contributed by atoms with Crippen LogP contribution in [0.5, 0.6) is 0 Å². The minimum Gasteiger partial charge on any atom is -0.444 e. The summed E-state index contributed by atoms with van der Waals surface area (Å²) in [4.78, 5) is 50.1. The van der Waals surface area contributed by atoms with E-state index < -0.39 is 16.8 Å². The van der Waals surface area contributed by atoms with Gasteiger partial charge in [0.2, 0.25) is 0 Å². The van der Waals surface area contributed by atoms with Crippen molar-refractivity contribution in [1.29, 1.82) is 0 Å². The van der Waals surface area contributed by atoms with E-state index in [1.54, 1.807) is 14.7 Å². The Morgan fingerprint density at radius 1 is 0.690 bits per heavy atom. The number of carbonyl (C=O) groups is 4. The molecule has 3 aliphatic heterocycles. The molecule has 0 unspecified atom stereocenters. The van der Waals surface area contributed by atoms with Gasteiger partial charge in [0.15, 0.2) is 0 Å². The Kier molecular flexibility index (Phi) is 14.3. The van der Waals surface area contributed by atoms with Gasteiger partial charge in [-0.05, 0) is 87.5 Å². The lowest BCUT2D eigenvalue weighted by molar-refractivity contribution is -0.110. The van der Waals surface area contributed by atoms with Crippen molar-refractivity contribution in [3.63, 3.8) is 0 Å². The number of ether oxygens (including phenoxy) is 3. The molecule has 0 aromatic rings. The fraction of sp³-hybridized carbons (Fsp3) is 0.806. The van der Waals surface area contributed by atoms with Crippen molar-refractivity contribution >= 4 is 24.6 Å². The highest BCUT2D eigenvalue weighted by Crippen LogP contribution is 2.21. The first-order chi connectivity index (χ1) is 19.3. The summed E-state index contributed by atoms with van der Waals surface area (Å²) in [5, 5.41) is 8.92. The van der Waals surface area contributed by atoms with E-state index in [0.29, 0.717) is 32.1 Å². The molecule has 242 valence electrons. The maximum Gasteiger partial charge on any atom is 0.410 e. The van der Waals surface area contributed by atoms with Gasteiger partial charge in [-0.25, -0.2) is 14.4 Å². The maximum absolute atomic E-state index is 11.6. The average Bonchev–Trinajstić information content (AvgIpc) is 3.62. The second-order valence-electron chi connectivity index (χ2n) is 14.1. The minimum absolute atomic E-state index is 0.0116. The van der Waals surface area contributed by atoms with E-state index >= 15 is 0 Å². The summed E-state index contributed by atoms with van der Waals surface area (Å²) >= 11 is 0.